The molecule has 0 saturated carbocycles. The first kappa shape index (κ1) is 38.1. The lowest BCUT2D eigenvalue weighted by Gasteiger charge is -2.36. The van der Waals surface area contributed by atoms with Gasteiger partial charge in [-0.15, -0.1) is 0 Å². The Morgan fingerprint density at radius 1 is 0.492 bits per heavy atom. The maximum absolute atomic E-state index is 5.21. The highest BCUT2D eigenvalue weighted by Gasteiger charge is 2.43. The molecule has 7 aromatic carbocycles. The molecule has 0 bridgehead atoms. The zero-order valence-electron chi connectivity index (χ0n) is 34.8. The van der Waals surface area contributed by atoms with E-state index in [9.17, 15) is 0 Å². The second kappa shape index (κ2) is 16.2. The van der Waals surface area contributed by atoms with Crippen LogP contribution >= 0.6 is 0 Å². The fourth-order valence-electron chi connectivity index (χ4n) is 9.46. The van der Waals surface area contributed by atoms with Crippen LogP contribution in [0.3, 0.4) is 0 Å². The van der Waals surface area contributed by atoms with Crippen molar-refractivity contribution in [2.24, 2.45) is 0 Å². The zero-order chi connectivity index (χ0) is 42.2. The van der Waals surface area contributed by atoms with Crippen molar-refractivity contribution in [1.82, 2.24) is 29.5 Å². The summed E-state index contributed by atoms with van der Waals surface area (Å²) in [6.07, 6.45) is 9.48. The van der Waals surface area contributed by atoms with E-state index >= 15 is 0 Å². The first-order valence-electron chi connectivity index (χ1n) is 21.5. The van der Waals surface area contributed by atoms with Crippen molar-refractivity contribution in [3.8, 4) is 51.2 Å². The number of allylic oxidation sites excluding steroid dienone is 1. The van der Waals surface area contributed by atoms with Crippen LogP contribution in [0.5, 0.6) is 0 Å². The number of benzene rings is 7. The van der Waals surface area contributed by atoms with Crippen LogP contribution in [0.25, 0.3) is 68.2 Å². The van der Waals surface area contributed by atoms with E-state index in [1.807, 2.05) is 73.1 Å². The van der Waals surface area contributed by atoms with E-state index in [1.54, 1.807) is 0 Å². The first-order chi connectivity index (χ1) is 31.2. The SMILES string of the molecule is CC1CC=Cc2c1n(-c1ncc(-c3ccccc3[Si](c3ccccc3)(c3ccccc3)c3ccccc3)cn1)c1ccc(-c3nc(-c4ccccc4)nc(-c4ccccc4)n3)cc21. The van der Waals surface area contributed by atoms with Crippen LogP contribution in [0.2, 0.25) is 0 Å². The first-order valence-corrected chi connectivity index (χ1v) is 23.5. The summed E-state index contributed by atoms with van der Waals surface area (Å²) < 4.78 is 2.26. The third kappa shape index (κ3) is 6.70. The molecule has 1 unspecified atom stereocenters. The lowest BCUT2D eigenvalue weighted by Crippen LogP contribution is -2.75. The molecule has 0 saturated heterocycles. The fraction of sp³-hybridized carbons (Fsp3) is 0.0536. The molecule has 1 atom stereocenters. The van der Waals surface area contributed by atoms with Gasteiger partial charge in [0.25, 0.3) is 0 Å². The third-order valence-corrected chi connectivity index (χ3v) is 17.2. The maximum atomic E-state index is 5.21. The van der Waals surface area contributed by atoms with E-state index in [4.69, 9.17) is 24.9 Å². The molecule has 0 amide bonds. The van der Waals surface area contributed by atoms with Gasteiger partial charge >= 0.3 is 0 Å². The van der Waals surface area contributed by atoms with Gasteiger partial charge in [-0.2, -0.15) is 0 Å². The summed E-state index contributed by atoms with van der Waals surface area (Å²) in [5, 5.41) is 6.37. The van der Waals surface area contributed by atoms with E-state index in [2.05, 4.69) is 157 Å². The van der Waals surface area contributed by atoms with Crippen LogP contribution < -0.4 is 20.7 Å². The van der Waals surface area contributed by atoms with Crippen molar-refractivity contribution in [1.29, 1.82) is 0 Å². The third-order valence-electron chi connectivity index (χ3n) is 12.3. The molecular weight excluding hydrogens is 785 g/mol. The van der Waals surface area contributed by atoms with Gasteiger partial charge < -0.3 is 0 Å². The Hall–Kier alpha value is -7.87. The Bertz CT molecular complexity index is 3090. The van der Waals surface area contributed by atoms with Crippen molar-refractivity contribution in [2.45, 2.75) is 19.3 Å². The van der Waals surface area contributed by atoms with E-state index in [0.717, 1.165) is 45.1 Å². The topological polar surface area (TPSA) is 69.4 Å². The van der Waals surface area contributed by atoms with Crippen molar-refractivity contribution in [2.75, 3.05) is 0 Å². The molecule has 6 nitrogen and oxygen atoms in total. The molecule has 0 fully saturated rings. The summed E-state index contributed by atoms with van der Waals surface area (Å²) in [6.45, 7) is 2.29. The normalized spacial score (nSPS) is 13.5. The average molecular weight is 827 g/mol. The molecule has 3 heterocycles. The van der Waals surface area contributed by atoms with Crippen molar-refractivity contribution in [3.63, 3.8) is 0 Å². The summed E-state index contributed by atoms with van der Waals surface area (Å²) in [7, 11) is -2.82. The lowest BCUT2D eigenvalue weighted by molar-refractivity contribution is 0.712. The standard InChI is InChI=1S/C56H42N6Si/c1-39-20-19-32-48-49-36-42(55-60-53(40-21-7-2-8-22-40)59-54(61-55)41-23-9-3-10-24-41)34-35-50(49)62(52(39)48)56-57-37-43(38-58-56)47-31-17-18-33-51(47)63(44-25-11-4-12-26-44,45-27-13-5-14-28-45)46-29-15-6-16-30-46/h2-19,21-39H,20H2,1H3. The molecule has 0 N–H and O–H groups in total. The fourth-order valence-corrected chi connectivity index (χ4v) is 14.4. The van der Waals surface area contributed by atoms with Gasteiger partial charge in [-0.1, -0.05) is 195 Å². The smallest absolute Gasteiger partial charge is 0.234 e. The predicted octanol–water partition coefficient (Wildman–Crippen LogP) is 10.2. The quantitative estimate of drug-likeness (QED) is 0.107. The molecule has 3 aromatic heterocycles. The molecule has 0 radical (unpaired) electrons. The summed E-state index contributed by atoms with van der Waals surface area (Å²) in [5.41, 5.74) is 8.33. The summed E-state index contributed by atoms with van der Waals surface area (Å²) in [4.78, 5) is 25.5. The zero-order valence-corrected chi connectivity index (χ0v) is 35.8. The number of hydrogen-bond donors (Lipinski definition) is 0. The Labute approximate surface area is 368 Å². The van der Waals surface area contributed by atoms with Gasteiger partial charge in [-0.05, 0) is 50.9 Å². The Balaban J connectivity index is 1.05. The number of rotatable bonds is 9. The molecule has 0 aliphatic heterocycles. The molecule has 63 heavy (non-hydrogen) atoms. The molecule has 300 valence electrons. The number of hydrogen-bond acceptors (Lipinski definition) is 5. The Morgan fingerprint density at radius 3 is 1.51 bits per heavy atom. The van der Waals surface area contributed by atoms with Crippen molar-refractivity contribution >= 4 is 45.8 Å². The van der Waals surface area contributed by atoms with Gasteiger partial charge in [-0.25, -0.2) is 24.9 Å². The lowest BCUT2D eigenvalue weighted by atomic mass is 9.93. The van der Waals surface area contributed by atoms with Crippen molar-refractivity contribution in [3.05, 3.63) is 224 Å². The van der Waals surface area contributed by atoms with Crippen LogP contribution in [-0.2, 0) is 0 Å². The molecule has 1 aliphatic rings. The van der Waals surface area contributed by atoms with E-state index in [0.29, 0.717) is 23.4 Å². The summed E-state index contributed by atoms with van der Waals surface area (Å²) in [5.74, 6) is 2.80. The second-order valence-corrected chi connectivity index (χ2v) is 19.9. The van der Waals surface area contributed by atoms with Gasteiger partial charge in [0.05, 0.1) is 5.52 Å². The Kier molecular flexibility index (Phi) is 9.79. The molecular formula is C56H42N6Si. The van der Waals surface area contributed by atoms with Crippen LogP contribution in [0.4, 0.5) is 0 Å². The van der Waals surface area contributed by atoms with Gasteiger partial charge in [0.15, 0.2) is 25.5 Å². The number of aromatic nitrogens is 6. The minimum Gasteiger partial charge on any atom is -0.281 e. The van der Waals surface area contributed by atoms with Gasteiger partial charge in [0, 0.05) is 57.2 Å². The van der Waals surface area contributed by atoms with Crippen LogP contribution in [0.1, 0.15) is 30.5 Å². The molecule has 7 heteroatoms. The van der Waals surface area contributed by atoms with Gasteiger partial charge in [0.1, 0.15) is 0 Å². The molecule has 1 aliphatic carbocycles. The average Bonchev–Trinajstić information content (AvgIpc) is 3.71. The molecule has 0 spiro atoms. The van der Waals surface area contributed by atoms with E-state index in [-0.39, 0.29) is 5.92 Å². The largest absolute Gasteiger partial charge is 0.281 e. The van der Waals surface area contributed by atoms with Gasteiger partial charge in [-0.3, -0.25) is 4.57 Å². The van der Waals surface area contributed by atoms with Crippen LogP contribution in [0, 0.1) is 0 Å². The molecule has 10 aromatic rings. The second-order valence-electron chi connectivity index (χ2n) is 16.1. The number of nitrogens with zero attached hydrogens (tertiary/aromatic N) is 6. The van der Waals surface area contributed by atoms with E-state index in [1.165, 1.54) is 32.0 Å². The minimum absolute atomic E-state index is 0.255. The van der Waals surface area contributed by atoms with Gasteiger partial charge in [0.2, 0.25) is 5.95 Å². The Morgan fingerprint density at radius 2 is 0.968 bits per heavy atom. The maximum Gasteiger partial charge on any atom is 0.234 e. The summed E-state index contributed by atoms with van der Waals surface area (Å²) in [6, 6.07) is 68.7. The number of fused-ring (bicyclic) bond motifs is 3. The van der Waals surface area contributed by atoms with E-state index < -0.39 is 8.07 Å². The molecule has 11 rings (SSSR count). The predicted molar refractivity (Wildman–Crippen MR) is 260 cm³/mol. The highest BCUT2D eigenvalue weighted by molar-refractivity contribution is 7.20. The van der Waals surface area contributed by atoms with Crippen LogP contribution in [0.15, 0.2) is 213 Å². The minimum atomic E-state index is -2.82. The van der Waals surface area contributed by atoms with Crippen LogP contribution in [-0.4, -0.2) is 37.6 Å². The monoisotopic (exact) mass is 826 g/mol. The van der Waals surface area contributed by atoms with Crippen molar-refractivity contribution < 1.29 is 0 Å². The highest BCUT2D eigenvalue weighted by Crippen LogP contribution is 2.40. The highest BCUT2D eigenvalue weighted by atomic mass is 28.3. The summed E-state index contributed by atoms with van der Waals surface area (Å²) >= 11 is 0.